The maximum Gasteiger partial charge on any atom is 0.257 e. The molecule has 7 heteroatoms. The van der Waals surface area contributed by atoms with Crippen LogP contribution in [0.3, 0.4) is 0 Å². The summed E-state index contributed by atoms with van der Waals surface area (Å²) in [5.74, 6) is -0.145. The molecule has 0 N–H and O–H groups in total. The van der Waals surface area contributed by atoms with E-state index in [1.165, 1.54) is 0 Å². The van der Waals surface area contributed by atoms with Gasteiger partial charge in [0.05, 0.1) is 23.7 Å². The van der Waals surface area contributed by atoms with Crippen molar-refractivity contribution in [3.63, 3.8) is 0 Å². The van der Waals surface area contributed by atoms with Gasteiger partial charge in [-0.05, 0) is 17.7 Å². The first-order valence-corrected chi connectivity index (χ1v) is 7.71. The number of hydrogen-bond acceptors (Lipinski definition) is 4. The molecule has 0 saturated heterocycles. The van der Waals surface area contributed by atoms with E-state index in [9.17, 15) is 4.79 Å². The topological polar surface area (TPSA) is 63.9 Å². The summed E-state index contributed by atoms with van der Waals surface area (Å²) in [7, 11) is 3.51. The number of amides is 1. The van der Waals surface area contributed by atoms with Crippen LogP contribution in [0.1, 0.15) is 27.7 Å². The number of aromatic nitrogens is 4. The summed E-state index contributed by atoms with van der Waals surface area (Å²) in [4.78, 5) is 22.9. The Kier molecular flexibility index (Phi) is 4.57. The monoisotopic (exact) mass is 341 g/mol. The van der Waals surface area contributed by atoms with Gasteiger partial charge in [0.25, 0.3) is 5.91 Å². The van der Waals surface area contributed by atoms with Crippen molar-refractivity contribution in [1.29, 1.82) is 0 Å². The van der Waals surface area contributed by atoms with Gasteiger partial charge < -0.3 is 4.90 Å². The van der Waals surface area contributed by atoms with E-state index >= 15 is 0 Å². The molecule has 24 heavy (non-hydrogen) atoms. The lowest BCUT2D eigenvalue weighted by molar-refractivity contribution is 0.0752. The molecule has 1 amide bonds. The normalized spacial score (nSPS) is 12.0. The molecule has 1 aromatic carbocycles. The van der Waals surface area contributed by atoms with E-state index in [1.807, 2.05) is 12.1 Å². The van der Waals surface area contributed by atoms with E-state index in [4.69, 9.17) is 11.6 Å². The van der Waals surface area contributed by atoms with Crippen LogP contribution in [0.4, 0.5) is 0 Å². The molecule has 0 unspecified atom stereocenters. The summed E-state index contributed by atoms with van der Waals surface area (Å²) < 4.78 is 1.60. The summed E-state index contributed by atoms with van der Waals surface area (Å²) in [5, 5.41) is 4.70. The Morgan fingerprint density at radius 3 is 2.54 bits per heavy atom. The highest BCUT2D eigenvalue weighted by Gasteiger charge is 2.26. The Labute approximate surface area is 144 Å². The summed E-state index contributed by atoms with van der Waals surface area (Å²) in [6, 6.07) is 6.98. The first kappa shape index (κ1) is 16.1. The molecule has 0 aliphatic heterocycles. The standard InChI is InChI=1S/C17H16ClN5O/c1-22-11-13(9-21-22)17(24)23(2)16(15-10-19-7-8-20-15)12-3-5-14(18)6-4-12/h3-11,16H,1-2H3/t16-/m1/s1. The van der Waals surface area contributed by atoms with Crippen molar-refractivity contribution >= 4 is 17.5 Å². The fourth-order valence-electron chi connectivity index (χ4n) is 2.54. The zero-order chi connectivity index (χ0) is 17.1. The number of aryl methyl sites for hydroxylation is 1. The summed E-state index contributed by atoms with van der Waals surface area (Å²) in [6.07, 6.45) is 8.11. The molecule has 0 fully saturated rings. The van der Waals surface area contributed by atoms with E-state index in [-0.39, 0.29) is 11.9 Å². The van der Waals surface area contributed by atoms with Crippen LogP contribution in [-0.4, -0.2) is 37.6 Å². The van der Waals surface area contributed by atoms with Crippen LogP contribution in [0.2, 0.25) is 5.02 Å². The van der Waals surface area contributed by atoms with Crippen LogP contribution in [0.25, 0.3) is 0 Å². The molecular formula is C17H16ClN5O. The molecule has 0 radical (unpaired) electrons. The number of halogens is 1. The molecule has 6 nitrogen and oxygen atoms in total. The van der Waals surface area contributed by atoms with E-state index in [1.54, 1.807) is 66.8 Å². The fourth-order valence-corrected chi connectivity index (χ4v) is 2.67. The van der Waals surface area contributed by atoms with E-state index in [0.717, 1.165) is 5.56 Å². The molecule has 0 aliphatic carbocycles. The minimum atomic E-state index is -0.372. The highest BCUT2D eigenvalue weighted by molar-refractivity contribution is 6.30. The SMILES string of the molecule is CN(C(=O)c1cnn(C)c1)[C@H](c1ccc(Cl)cc1)c1cnccn1. The lowest BCUT2D eigenvalue weighted by Crippen LogP contribution is -2.32. The highest BCUT2D eigenvalue weighted by Crippen LogP contribution is 2.28. The molecule has 0 bridgehead atoms. The van der Waals surface area contributed by atoms with Crippen molar-refractivity contribution in [2.75, 3.05) is 7.05 Å². The second-order valence-electron chi connectivity index (χ2n) is 5.40. The predicted molar refractivity (Wildman–Crippen MR) is 90.6 cm³/mol. The average molecular weight is 342 g/mol. The van der Waals surface area contributed by atoms with Crippen LogP contribution in [0, 0.1) is 0 Å². The molecular weight excluding hydrogens is 326 g/mol. The molecule has 2 heterocycles. The molecule has 2 aromatic heterocycles. The molecule has 3 rings (SSSR count). The highest BCUT2D eigenvalue weighted by atomic mass is 35.5. The molecule has 0 aliphatic rings. The van der Waals surface area contributed by atoms with Crippen LogP contribution in [0.5, 0.6) is 0 Å². The Bertz CT molecular complexity index is 832. The third-order valence-corrected chi connectivity index (χ3v) is 3.96. The number of carbonyl (C=O) groups is 1. The smallest absolute Gasteiger partial charge is 0.257 e. The molecule has 0 spiro atoms. The van der Waals surface area contributed by atoms with Gasteiger partial charge in [0, 0.05) is 37.7 Å². The Balaban J connectivity index is 2.01. The number of benzene rings is 1. The maximum absolute atomic E-state index is 12.8. The van der Waals surface area contributed by atoms with Crippen molar-refractivity contribution in [1.82, 2.24) is 24.6 Å². The average Bonchev–Trinajstić information content (AvgIpc) is 3.03. The minimum absolute atomic E-state index is 0.145. The maximum atomic E-state index is 12.8. The largest absolute Gasteiger partial charge is 0.329 e. The van der Waals surface area contributed by atoms with Crippen LogP contribution in [0.15, 0.2) is 55.2 Å². The van der Waals surface area contributed by atoms with Crippen molar-refractivity contribution in [3.8, 4) is 0 Å². The van der Waals surface area contributed by atoms with Crippen LogP contribution >= 0.6 is 11.6 Å². The van der Waals surface area contributed by atoms with Crippen molar-refractivity contribution in [2.24, 2.45) is 7.05 Å². The van der Waals surface area contributed by atoms with E-state index in [0.29, 0.717) is 16.3 Å². The quantitative estimate of drug-likeness (QED) is 0.732. The zero-order valence-corrected chi connectivity index (χ0v) is 14.1. The van der Waals surface area contributed by atoms with Gasteiger partial charge in [0.2, 0.25) is 0 Å². The number of nitrogens with zero attached hydrogens (tertiary/aromatic N) is 5. The number of carbonyl (C=O) groups excluding carboxylic acids is 1. The van der Waals surface area contributed by atoms with Gasteiger partial charge in [0.15, 0.2) is 0 Å². The van der Waals surface area contributed by atoms with Gasteiger partial charge in [-0.2, -0.15) is 5.10 Å². The number of hydrogen-bond donors (Lipinski definition) is 0. The summed E-state index contributed by atoms with van der Waals surface area (Å²) >= 11 is 5.98. The zero-order valence-electron chi connectivity index (χ0n) is 13.3. The van der Waals surface area contributed by atoms with Gasteiger partial charge in [-0.15, -0.1) is 0 Å². The molecule has 1 atom stereocenters. The predicted octanol–water partition coefficient (Wildman–Crippen LogP) is 2.73. The first-order chi connectivity index (χ1) is 11.6. The molecule has 3 aromatic rings. The Morgan fingerprint density at radius 2 is 1.96 bits per heavy atom. The van der Waals surface area contributed by atoms with E-state index in [2.05, 4.69) is 15.1 Å². The van der Waals surface area contributed by atoms with Crippen LogP contribution < -0.4 is 0 Å². The van der Waals surface area contributed by atoms with Gasteiger partial charge in [0.1, 0.15) is 6.04 Å². The minimum Gasteiger partial charge on any atom is -0.329 e. The van der Waals surface area contributed by atoms with Crippen molar-refractivity contribution in [2.45, 2.75) is 6.04 Å². The van der Waals surface area contributed by atoms with E-state index < -0.39 is 0 Å². The van der Waals surface area contributed by atoms with Gasteiger partial charge in [-0.3, -0.25) is 19.4 Å². The summed E-state index contributed by atoms with van der Waals surface area (Å²) in [6.45, 7) is 0. The lowest BCUT2D eigenvalue weighted by Gasteiger charge is -2.27. The van der Waals surface area contributed by atoms with Crippen LogP contribution in [-0.2, 0) is 7.05 Å². The third-order valence-electron chi connectivity index (χ3n) is 3.71. The van der Waals surface area contributed by atoms with Crippen molar-refractivity contribution < 1.29 is 4.79 Å². The second kappa shape index (κ2) is 6.80. The number of rotatable bonds is 4. The third kappa shape index (κ3) is 3.28. The Morgan fingerprint density at radius 1 is 1.21 bits per heavy atom. The van der Waals surface area contributed by atoms with Gasteiger partial charge >= 0.3 is 0 Å². The molecule has 0 saturated carbocycles. The summed E-state index contributed by atoms with van der Waals surface area (Å²) in [5.41, 5.74) is 2.10. The van der Waals surface area contributed by atoms with Gasteiger partial charge in [-0.25, -0.2) is 0 Å². The Hall–Kier alpha value is -2.73. The fraction of sp³-hybridized carbons (Fsp3) is 0.176. The molecule has 122 valence electrons. The van der Waals surface area contributed by atoms with Crippen molar-refractivity contribution in [3.05, 3.63) is 77.1 Å². The van der Waals surface area contributed by atoms with Gasteiger partial charge in [-0.1, -0.05) is 23.7 Å². The first-order valence-electron chi connectivity index (χ1n) is 7.33. The lowest BCUT2D eigenvalue weighted by atomic mass is 10.0. The second-order valence-corrected chi connectivity index (χ2v) is 5.84.